The Bertz CT molecular complexity index is 784. The Labute approximate surface area is 203 Å². The second-order valence-electron chi connectivity index (χ2n) is 15.3. The van der Waals surface area contributed by atoms with Crippen LogP contribution in [-0.2, 0) is 4.74 Å². The molecule has 3 heteroatoms. The van der Waals surface area contributed by atoms with E-state index in [-0.39, 0.29) is 23.2 Å². The van der Waals surface area contributed by atoms with Crippen molar-refractivity contribution in [2.24, 2.45) is 45.3 Å². The van der Waals surface area contributed by atoms with E-state index in [0.29, 0.717) is 28.1 Å². The highest BCUT2D eigenvalue weighted by atomic mass is 16.5. The van der Waals surface area contributed by atoms with Gasteiger partial charge in [-0.2, -0.15) is 0 Å². The predicted octanol–water partition coefficient (Wildman–Crippen LogP) is 6.74. The van der Waals surface area contributed by atoms with Gasteiger partial charge in [0.2, 0.25) is 0 Å². The summed E-state index contributed by atoms with van der Waals surface area (Å²) in [6, 6.07) is 0. The normalized spacial score (nSPS) is 56.2. The highest BCUT2D eigenvalue weighted by Crippen LogP contribution is 2.76. The molecule has 0 spiro atoms. The van der Waals surface area contributed by atoms with Gasteiger partial charge < -0.3 is 14.9 Å². The van der Waals surface area contributed by atoms with Crippen LogP contribution >= 0.6 is 0 Å². The monoisotopic (exact) mass is 460 g/mol. The van der Waals surface area contributed by atoms with E-state index in [2.05, 4.69) is 41.5 Å². The Morgan fingerprint density at radius 3 is 2.00 bits per heavy atom. The zero-order valence-corrected chi connectivity index (χ0v) is 22.8. The van der Waals surface area contributed by atoms with Crippen LogP contribution < -0.4 is 0 Å². The first-order valence-corrected chi connectivity index (χ1v) is 14.2. The fourth-order valence-corrected chi connectivity index (χ4v) is 11.1. The van der Waals surface area contributed by atoms with Gasteiger partial charge in [0.25, 0.3) is 0 Å². The van der Waals surface area contributed by atoms with Crippen LogP contribution in [0.5, 0.6) is 0 Å². The van der Waals surface area contributed by atoms with Crippen molar-refractivity contribution in [1.29, 1.82) is 0 Å². The van der Waals surface area contributed by atoms with Crippen molar-refractivity contribution in [2.45, 2.75) is 143 Å². The Kier molecular flexibility index (Phi) is 5.38. The third-order valence-electron chi connectivity index (χ3n) is 13.3. The van der Waals surface area contributed by atoms with Crippen molar-refractivity contribution >= 4 is 0 Å². The van der Waals surface area contributed by atoms with E-state index < -0.39 is 5.60 Å². The van der Waals surface area contributed by atoms with E-state index >= 15 is 0 Å². The van der Waals surface area contributed by atoms with Crippen LogP contribution in [-0.4, -0.2) is 33.6 Å². The molecule has 1 aliphatic heterocycles. The molecule has 0 bridgehead atoms. The standard InChI is InChI=1S/C30H52O3/c1-25(2)21-12-17-29(7)22(27(21,5)15-13-23(25)31)10-9-19-20(11-16-28(19,29)6)30(8)18-14-24(33-30)26(3,4)32/h19-24,31-32H,9-18H2,1-8H3/t19?,20-,21?,22?,23+,24-,27-,28+,29+,30+/m0/s1. The van der Waals surface area contributed by atoms with Crippen LogP contribution in [0.15, 0.2) is 0 Å². The molecule has 0 aromatic rings. The molecule has 5 fully saturated rings. The number of aliphatic hydroxyl groups is 2. The second-order valence-corrected chi connectivity index (χ2v) is 15.3. The van der Waals surface area contributed by atoms with Crippen LogP contribution in [0, 0.1) is 45.3 Å². The molecule has 33 heavy (non-hydrogen) atoms. The lowest BCUT2D eigenvalue weighted by Crippen LogP contribution is -2.64. The number of aliphatic hydroxyl groups excluding tert-OH is 1. The molecule has 0 amide bonds. The summed E-state index contributed by atoms with van der Waals surface area (Å²) in [4.78, 5) is 0. The Morgan fingerprint density at radius 1 is 0.697 bits per heavy atom. The Hall–Kier alpha value is -0.120. The van der Waals surface area contributed by atoms with Gasteiger partial charge in [-0.25, -0.2) is 0 Å². The van der Waals surface area contributed by atoms with Gasteiger partial charge in [0.15, 0.2) is 0 Å². The van der Waals surface area contributed by atoms with Crippen LogP contribution in [0.25, 0.3) is 0 Å². The summed E-state index contributed by atoms with van der Waals surface area (Å²) in [5, 5.41) is 21.5. The summed E-state index contributed by atoms with van der Waals surface area (Å²) in [7, 11) is 0. The molecule has 1 heterocycles. The first-order valence-electron chi connectivity index (χ1n) is 14.2. The number of hydrogen-bond donors (Lipinski definition) is 2. The van der Waals surface area contributed by atoms with E-state index in [0.717, 1.165) is 31.1 Å². The van der Waals surface area contributed by atoms with Gasteiger partial charge in [-0.1, -0.05) is 34.6 Å². The van der Waals surface area contributed by atoms with E-state index in [4.69, 9.17) is 4.74 Å². The summed E-state index contributed by atoms with van der Waals surface area (Å²) in [5.74, 6) is 2.73. The highest BCUT2D eigenvalue weighted by Gasteiger charge is 2.70. The molecule has 190 valence electrons. The lowest BCUT2D eigenvalue weighted by molar-refractivity contribution is -0.227. The molecule has 0 radical (unpaired) electrons. The Morgan fingerprint density at radius 2 is 1.36 bits per heavy atom. The largest absolute Gasteiger partial charge is 0.393 e. The van der Waals surface area contributed by atoms with Gasteiger partial charge in [-0.05, 0) is 130 Å². The maximum Gasteiger partial charge on any atom is 0.0865 e. The van der Waals surface area contributed by atoms with Gasteiger partial charge in [0.05, 0.1) is 23.4 Å². The zero-order valence-electron chi connectivity index (χ0n) is 22.8. The highest BCUT2D eigenvalue weighted by molar-refractivity contribution is 5.18. The maximum atomic E-state index is 10.9. The minimum absolute atomic E-state index is 0.0293. The van der Waals surface area contributed by atoms with Crippen molar-refractivity contribution in [2.75, 3.05) is 0 Å². The fourth-order valence-electron chi connectivity index (χ4n) is 11.1. The molecule has 10 atom stereocenters. The molecule has 0 aromatic heterocycles. The lowest BCUT2D eigenvalue weighted by atomic mass is 9.35. The average molecular weight is 461 g/mol. The van der Waals surface area contributed by atoms with Crippen molar-refractivity contribution in [3.05, 3.63) is 0 Å². The lowest BCUT2D eigenvalue weighted by Gasteiger charge is -2.70. The molecule has 2 N–H and O–H groups in total. The molecule has 3 unspecified atom stereocenters. The Balaban J connectivity index is 1.44. The maximum absolute atomic E-state index is 10.9. The van der Waals surface area contributed by atoms with E-state index in [1.165, 1.54) is 44.9 Å². The minimum atomic E-state index is -0.755. The van der Waals surface area contributed by atoms with E-state index in [1.807, 2.05) is 13.8 Å². The van der Waals surface area contributed by atoms with Gasteiger partial charge in [-0.15, -0.1) is 0 Å². The van der Waals surface area contributed by atoms with Crippen LogP contribution in [0.2, 0.25) is 0 Å². The number of rotatable bonds is 2. The SMILES string of the molecule is CC(C)(O)[C@@H]1CC[C@](C)([C@H]2CC[C@]3(C)C2CCC2[C@@]4(C)CC[C@@H](O)C(C)(C)C4CC[C@]23C)O1. The quantitative estimate of drug-likeness (QED) is 0.480. The van der Waals surface area contributed by atoms with Crippen LogP contribution in [0.4, 0.5) is 0 Å². The number of fused-ring (bicyclic) bond motifs is 5. The van der Waals surface area contributed by atoms with Gasteiger partial charge in [-0.3, -0.25) is 0 Å². The van der Waals surface area contributed by atoms with Gasteiger partial charge >= 0.3 is 0 Å². The summed E-state index contributed by atoms with van der Waals surface area (Å²) in [6.45, 7) is 18.8. The zero-order chi connectivity index (χ0) is 24.2. The molecular formula is C30H52O3. The van der Waals surface area contributed by atoms with Gasteiger partial charge in [0, 0.05) is 0 Å². The molecule has 1 saturated heterocycles. The third-order valence-corrected chi connectivity index (χ3v) is 13.3. The minimum Gasteiger partial charge on any atom is -0.393 e. The van der Waals surface area contributed by atoms with E-state index in [1.54, 1.807) is 0 Å². The molecule has 3 nitrogen and oxygen atoms in total. The van der Waals surface area contributed by atoms with Crippen molar-refractivity contribution < 1.29 is 14.9 Å². The van der Waals surface area contributed by atoms with Gasteiger partial charge in [0.1, 0.15) is 0 Å². The molecule has 5 aliphatic rings. The molecule has 5 rings (SSSR count). The molecule has 4 aliphatic carbocycles. The average Bonchev–Trinajstić information content (AvgIpc) is 3.27. The summed E-state index contributed by atoms with van der Waals surface area (Å²) < 4.78 is 6.73. The molecular weight excluding hydrogens is 408 g/mol. The fraction of sp³-hybridized carbons (Fsp3) is 1.00. The van der Waals surface area contributed by atoms with Crippen molar-refractivity contribution in [3.63, 3.8) is 0 Å². The number of ether oxygens (including phenoxy) is 1. The van der Waals surface area contributed by atoms with Crippen LogP contribution in [0.3, 0.4) is 0 Å². The van der Waals surface area contributed by atoms with E-state index in [9.17, 15) is 10.2 Å². The molecule has 0 aromatic carbocycles. The summed E-state index contributed by atoms with van der Waals surface area (Å²) in [5.41, 5.74) is 0.277. The van der Waals surface area contributed by atoms with Crippen molar-refractivity contribution in [1.82, 2.24) is 0 Å². The van der Waals surface area contributed by atoms with Crippen LogP contribution in [0.1, 0.15) is 120 Å². The first kappa shape index (κ1) is 24.6. The molecule has 4 saturated carbocycles. The topological polar surface area (TPSA) is 49.7 Å². The smallest absolute Gasteiger partial charge is 0.0865 e. The number of hydrogen-bond acceptors (Lipinski definition) is 3. The van der Waals surface area contributed by atoms with Crippen molar-refractivity contribution in [3.8, 4) is 0 Å². The summed E-state index contributed by atoms with van der Waals surface area (Å²) in [6.07, 6.45) is 11.9. The second kappa shape index (κ2) is 7.22. The predicted molar refractivity (Wildman–Crippen MR) is 134 cm³/mol. The third kappa shape index (κ3) is 3.16. The first-order chi connectivity index (χ1) is 15.1. The summed E-state index contributed by atoms with van der Waals surface area (Å²) >= 11 is 0.